The Balaban J connectivity index is 2.52. The van der Waals surface area contributed by atoms with Crippen molar-refractivity contribution in [3.63, 3.8) is 0 Å². The SMILES string of the molecule is Cc1cc(=O)oc2c1c(O)cc1occ(CC(=O)O)c12. The fourth-order valence-electron chi connectivity index (χ4n) is 2.37. The molecule has 0 aliphatic carbocycles. The van der Waals surface area contributed by atoms with Gasteiger partial charge in [-0.1, -0.05) is 0 Å². The summed E-state index contributed by atoms with van der Waals surface area (Å²) in [7, 11) is 0. The van der Waals surface area contributed by atoms with Gasteiger partial charge in [0.1, 0.15) is 11.3 Å². The van der Waals surface area contributed by atoms with Crippen LogP contribution in [0.1, 0.15) is 11.1 Å². The third-order valence-corrected chi connectivity index (χ3v) is 3.15. The highest BCUT2D eigenvalue weighted by Gasteiger charge is 2.18. The molecule has 0 saturated carbocycles. The molecule has 3 rings (SSSR count). The lowest BCUT2D eigenvalue weighted by Gasteiger charge is -2.04. The minimum Gasteiger partial charge on any atom is -0.507 e. The van der Waals surface area contributed by atoms with Crippen molar-refractivity contribution in [3.05, 3.63) is 39.9 Å². The lowest BCUT2D eigenvalue weighted by Crippen LogP contribution is -2.01. The van der Waals surface area contributed by atoms with Crippen LogP contribution in [-0.4, -0.2) is 16.2 Å². The van der Waals surface area contributed by atoms with E-state index in [9.17, 15) is 14.7 Å². The predicted octanol–water partition coefficient (Wildman–Crippen LogP) is 2.18. The van der Waals surface area contributed by atoms with E-state index in [0.29, 0.717) is 21.9 Å². The Hall–Kier alpha value is -2.76. The van der Waals surface area contributed by atoms with Crippen LogP contribution in [0.2, 0.25) is 0 Å². The van der Waals surface area contributed by atoms with Gasteiger partial charge >= 0.3 is 11.6 Å². The third kappa shape index (κ3) is 1.73. The molecule has 0 amide bonds. The first-order chi connectivity index (χ1) is 9.47. The van der Waals surface area contributed by atoms with Crippen LogP contribution in [0.15, 0.2) is 32.0 Å². The normalized spacial score (nSPS) is 11.2. The van der Waals surface area contributed by atoms with E-state index in [4.69, 9.17) is 13.9 Å². The molecule has 20 heavy (non-hydrogen) atoms. The summed E-state index contributed by atoms with van der Waals surface area (Å²) in [5.74, 6) is -1.10. The maximum Gasteiger partial charge on any atom is 0.336 e. The zero-order chi connectivity index (χ0) is 14.4. The van der Waals surface area contributed by atoms with Crippen molar-refractivity contribution in [3.8, 4) is 5.75 Å². The number of hydrogen-bond acceptors (Lipinski definition) is 5. The second-order valence-electron chi connectivity index (χ2n) is 4.55. The smallest absolute Gasteiger partial charge is 0.336 e. The van der Waals surface area contributed by atoms with Gasteiger partial charge in [-0.05, 0) is 12.5 Å². The number of carboxylic acids is 1. The number of carboxylic acid groups (broad SMARTS) is 1. The number of hydrogen-bond donors (Lipinski definition) is 2. The maximum absolute atomic E-state index is 11.5. The van der Waals surface area contributed by atoms with Crippen molar-refractivity contribution < 1.29 is 23.8 Å². The van der Waals surface area contributed by atoms with Gasteiger partial charge in [0.25, 0.3) is 0 Å². The Morgan fingerprint density at radius 2 is 2.05 bits per heavy atom. The molecule has 1 aromatic carbocycles. The monoisotopic (exact) mass is 274 g/mol. The quantitative estimate of drug-likeness (QED) is 0.694. The van der Waals surface area contributed by atoms with E-state index in [1.54, 1.807) is 6.92 Å². The molecule has 2 N–H and O–H groups in total. The largest absolute Gasteiger partial charge is 0.507 e. The summed E-state index contributed by atoms with van der Waals surface area (Å²) in [6.45, 7) is 1.67. The van der Waals surface area contributed by atoms with Gasteiger partial charge in [0.15, 0.2) is 5.58 Å². The van der Waals surface area contributed by atoms with Gasteiger partial charge in [-0.3, -0.25) is 4.79 Å². The van der Waals surface area contributed by atoms with Gasteiger partial charge in [-0.25, -0.2) is 4.79 Å². The third-order valence-electron chi connectivity index (χ3n) is 3.15. The summed E-state index contributed by atoms with van der Waals surface area (Å²) in [4.78, 5) is 22.4. The number of rotatable bonds is 2. The number of benzene rings is 1. The number of phenols is 1. The second kappa shape index (κ2) is 4.12. The summed E-state index contributed by atoms with van der Waals surface area (Å²) in [5, 5.41) is 19.7. The molecule has 0 unspecified atom stereocenters. The van der Waals surface area contributed by atoms with Crippen molar-refractivity contribution >= 4 is 27.9 Å². The zero-order valence-corrected chi connectivity index (χ0v) is 10.5. The first-order valence-electron chi connectivity index (χ1n) is 5.85. The number of carbonyl (C=O) groups is 1. The Labute approximate surface area is 111 Å². The number of aliphatic carboxylic acids is 1. The van der Waals surface area contributed by atoms with Gasteiger partial charge in [-0.2, -0.15) is 0 Å². The zero-order valence-electron chi connectivity index (χ0n) is 10.5. The van der Waals surface area contributed by atoms with Gasteiger partial charge in [0.2, 0.25) is 0 Å². The lowest BCUT2D eigenvalue weighted by atomic mass is 10.0. The highest BCUT2D eigenvalue weighted by molar-refractivity contribution is 6.08. The van der Waals surface area contributed by atoms with E-state index in [1.165, 1.54) is 18.4 Å². The fraction of sp³-hybridized carbons (Fsp3) is 0.143. The highest BCUT2D eigenvalue weighted by Crippen LogP contribution is 2.36. The van der Waals surface area contributed by atoms with E-state index in [0.717, 1.165) is 0 Å². The lowest BCUT2D eigenvalue weighted by molar-refractivity contribution is -0.136. The van der Waals surface area contributed by atoms with Crippen molar-refractivity contribution in [2.45, 2.75) is 13.3 Å². The summed E-state index contributed by atoms with van der Waals surface area (Å²) < 4.78 is 10.4. The number of phenolic OH excluding ortho intramolecular Hbond substituents is 1. The molecule has 0 aliphatic heterocycles. The van der Waals surface area contributed by atoms with Crippen LogP contribution in [0.4, 0.5) is 0 Å². The molecule has 102 valence electrons. The van der Waals surface area contributed by atoms with Crippen LogP contribution < -0.4 is 5.63 Å². The molecule has 0 spiro atoms. The van der Waals surface area contributed by atoms with E-state index < -0.39 is 11.6 Å². The van der Waals surface area contributed by atoms with Crippen molar-refractivity contribution in [1.82, 2.24) is 0 Å². The summed E-state index contributed by atoms with van der Waals surface area (Å²) in [5.41, 5.74) is 0.809. The molecule has 6 heteroatoms. The first-order valence-corrected chi connectivity index (χ1v) is 5.85. The molecule has 0 fully saturated rings. The van der Waals surface area contributed by atoms with Crippen LogP contribution in [0, 0.1) is 6.92 Å². The summed E-state index contributed by atoms with van der Waals surface area (Å²) in [6, 6.07) is 2.65. The number of fused-ring (bicyclic) bond motifs is 3. The number of aromatic hydroxyl groups is 1. The number of aryl methyl sites for hydroxylation is 1. The van der Waals surface area contributed by atoms with Crippen LogP contribution in [0.3, 0.4) is 0 Å². The average molecular weight is 274 g/mol. The Bertz CT molecular complexity index is 899. The molecule has 2 heterocycles. The van der Waals surface area contributed by atoms with Crippen molar-refractivity contribution in [1.29, 1.82) is 0 Å². The second-order valence-corrected chi connectivity index (χ2v) is 4.55. The summed E-state index contributed by atoms with van der Waals surface area (Å²) >= 11 is 0. The van der Waals surface area contributed by atoms with Crippen LogP contribution in [-0.2, 0) is 11.2 Å². The molecule has 0 bridgehead atoms. The van der Waals surface area contributed by atoms with Gasteiger partial charge in [0.05, 0.1) is 23.5 Å². The maximum atomic E-state index is 11.5. The molecular weight excluding hydrogens is 264 g/mol. The Kier molecular flexibility index (Phi) is 2.53. The van der Waals surface area contributed by atoms with Crippen LogP contribution >= 0.6 is 0 Å². The Morgan fingerprint density at radius 1 is 1.30 bits per heavy atom. The Morgan fingerprint density at radius 3 is 2.75 bits per heavy atom. The molecule has 0 atom stereocenters. The molecule has 3 aromatic rings. The van der Waals surface area contributed by atoms with Gasteiger partial charge in [0, 0.05) is 17.7 Å². The molecule has 0 saturated heterocycles. The molecular formula is C14H10O6. The molecule has 0 radical (unpaired) electrons. The first kappa shape index (κ1) is 12.3. The molecule has 2 aromatic heterocycles. The molecule has 6 nitrogen and oxygen atoms in total. The topological polar surface area (TPSA) is 101 Å². The van der Waals surface area contributed by atoms with E-state index in [-0.39, 0.29) is 23.3 Å². The highest BCUT2D eigenvalue weighted by atomic mass is 16.4. The summed E-state index contributed by atoms with van der Waals surface area (Å²) in [6.07, 6.45) is 1.03. The number of furan rings is 1. The predicted molar refractivity (Wildman–Crippen MR) is 70.0 cm³/mol. The van der Waals surface area contributed by atoms with E-state index in [2.05, 4.69) is 0 Å². The fourth-order valence-corrected chi connectivity index (χ4v) is 2.37. The van der Waals surface area contributed by atoms with Crippen LogP contribution in [0.5, 0.6) is 5.75 Å². The van der Waals surface area contributed by atoms with Gasteiger partial charge in [-0.15, -0.1) is 0 Å². The van der Waals surface area contributed by atoms with Crippen molar-refractivity contribution in [2.75, 3.05) is 0 Å². The van der Waals surface area contributed by atoms with Crippen LogP contribution in [0.25, 0.3) is 21.9 Å². The minimum atomic E-state index is -1.02. The van der Waals surface area contributed by atoms with E-state index >= 15 is 0 Å². The standard InChI is InChI=1S/C14H10O6/c1-6-2-11(18)20-14-12(6)8(15)4-9-13(14)7(5-19-9)3-10(16)17/h2,4-5,15H,3H2,1H3,(H,16,17). The van der Waals surface area contributed by atoms with E-state index in [1.807, 2.05) is 0 Å². The van der Waals surface area contributed by atoms with Crippen molar-refractivity contribution in [2.24, 2.45) is 0 Å². The minimum absolute atomic E-state index is 0.0787. The average Bonchev–Trinajstić information content (AvgIpc) is 2.70. The van der Waals surface area contributed by atoms with Gasteiger partial charge < -0.3 is 19.0 Å². The molecule has 0 aliphatic rings.